The summed E-state index contributed by atoms with van der Waals surface area (Å²) < 4.78 is 40.5. The molecular formula is C23H20F3N5OS. The van der Waals surface area contributed by atoms with Crippen molar-refractivity contribution in [3.05, 3.63) is 84.2 Å². The second-order valence-electron chi connectivity index (χ2n) is 7.09. The molecule has 0 atom stereocenters. The van der Waals surface area contributed by atoms with Gasteiger partial charge in [-0.1, -0.05) is 12.2 Å². The maximum absolute atomic E-state index is 12.2. The molecule has 170 valence electrons. The largest absolute Gasteiger partial charge is 0.573 e. The number of alkyl halides is 3. The van der Waals surface area contributed by atoms with Crippen LogP contribution in [0.3, 0.4) is 0 Å². The highest BCUT2D eigenvalue weighted by atomic mass is 32.2. The quantitative estimate of drug-likeness (QED) is 0.406. The molecule has 0 unspecified atom stereocenters. The van der Waals surface area contributed by atoms with Crippen molar-refractivity contribution in [2.75, 3.05) is 23.1 Å². The van der Waals surface area contributed by atoms with Gasteiger partial charge >= 0.3 is 6.36 Å². The zero-order valence-electron chi connectivity index (χ0n) is 17.4. The van der Waals surface area contributed by atoms with Gasteiger partial charge in [0.15, 0.2) is 0 Å². The van der Waals surface area contributed by atoms with Crippen LogP contribution in [0.5, 0.6) is 5.75 Å². The van der Waals surface area contributed by atoms with E-state index < -0.39 is 6.36 Å². The van der Waals surface area contributed by atoms with Gasteiger partial charge in [0.25, 0.3) is 0 Å². The first-order valence-electron chi connectivity index (χ1n) is 10.2. The van der Waals surface area contributed by atoms with Crippen molar-refractivity contribution in [1.82, 2.24) is 0 Å². The molecule has 6 nitrogen and oxygen atoms in total. The van der Waals surface area contributed by atoms with Crippen LogP contribution in [0.2, 0.25) is 0 Å². The van der Waals surface area contributed by atoms with Crippen molar-refractivity contribution in [2.45, 2.75) is 12.8 Å². The Morgan fingerprint density at radius 2 is 1.36 bits per heavy atom. The van der Waals surface area contributed by atoms with Gasteiger partial charge in [-0.05, 0) is 67.1 Å². The Hall–Kier alpha value is -3.40. The van der Waals surface area contributed by atoms with Crippen LogP contribution in [0, 0.1) is 0 Å². The van der Waals surface area contributed by atoms with E-state index in [4.69, 9.17) is 0 Å². The molecule has 0 amide bonds. The first-order valence-corrected chi connectivity index (χ1v) is 11.3. The minimum atomic E-state index is -4.72. The summed E-state index contributed by atoms with van der Waals surface area (Å²) >= 11 is 1.92. The lowest BCUT2D eigenvalue weighted by molar-refractivity contribution is -0.274. The number of benzene rings is 2. The van der Waals surface area contributed by atoms with E-state index in [0.29, 0.717) is 23.5 Å². The molecule has 1 saturated heterocycles. The Labute approximate surface area is 193 Å². The van der Waals surface area contributed by atoms with Gasteiger partial charge in [-0.3, -0.25) is 0 Å². The molecule has 2 aliphatic rings. The number of allylic oxidation sites excluding steroid dienone is 4. The predicted molar refractivity (Wildman–Crippen MR) is 123 cm³/mol. The molecule has 0 N–H and O–H groups in total. The number of azo groups is 2. The number of anilines is 1. The minimum Gasteiger partial charge on any atom is -0.406 e. The monoisotopic (exact) mass is 471 g/mol. The van der Waals surface area contributed by atoms with Crippen LogP contribution >= 0.6 is 11.8 Å². The lowest BCUT2D eigenvalue weighted by Gasteiger charge is -2.16. The standard InChI is InChI=1S/C23H20F3N5OS/c24-23(25,26)32-22-12-8-20(9-13-22)30-28-18-3-1-2-17(4-5-18)27-29-19-6-10-21(11-7-19)31-14-15-33-16-31/h2-13H,1,14-16H2. The number of hydrogen-bond donors (Lipinski definition) is 0. The molecule has 1 fully saturated rings. The third kappa shape index (κ3) is 7.04. The van der Waals surface area contributed by atoms with Gasteiger partial charge in [0.2, 0.25) is 0 Å². The highest BCUT2D eigenvalue weighted by Crippen LogP contribution is 2.27. The summed E-state index contributed by atoms with van der Waals surface area (Å²) in [6.45, 7) is 1.06. The third-order valence-corrected chi connectivity index (χ3v) is 5.64. The fourth-order valence-electron chi connectivity index (χ4n) is 3.05. The Bertz CT molecular complexity index is 1100. The second kappa shape index (κ2) is 10.5. The van der Waals surface area contributed by atoms with Crippen molar-refractivity contribution >= 4 is 28.8 Å². The van der Waals surface area contributed by atoms with Gasteiger partial charge < -0.3 is 9.64 Å². The molecule has 0 radical (unpaired) electrons. The zero-order valence-corrected chi connectivity index (χ0v) is 18.3. The molecule has 0 aromatic heterocycles. The van der Waals surface area contributed by atoms with E-state index in [1.165, 1.54) is 30.0 Å². The molecule has 0 bridgehead atoms. The first-order chi connectivity index (χ1) is 15.9. The molecule has 1 aliphatic heterocycles. The fraction of sp³-hybridized carbons (Fsp3) is 0.217. The normalized spacial score (nSPS) is 16.9. The molecule has 0 spiro atoms. The minimum absolute atomic E-state index is 0.307. The van der Waals surface area contributed by atoms with Crippen molar-refractivity contribution in [1.29, 1.82) is 0 Å². The lowest BCUT2D eigenvalue weighted by Crippen LogP contribution is -2.17. The van der Waals surface area contributed by atoms with Gasteiger partial charge in [0, 0.05) is 18.0 Å². The highest BCUT2D eigenvalue weighted by molar-refractivity contribution is 7.99. The number of nitrogens with zero attached hydrogens (tertiary/aromatic N) is 5. The van der Waals surface area contributed by atoms with Crippen LogP contribution in [-0.2, 0) is 0 Å². The Morgan fingerprint density at radius 3 is 1.88 bits per heavy atom. The van der Waals surface area contributed by atoms with Gasteiger partial charge in [0.05, 0.1) is 28.6 Å². The Kier molecular flexibility index (Phi) is 7.23. The summed E-state index contributed by atoms with van der Waals surface area (Å²) in [5, 5.41) is 16.8. The molecule has 2 aromatic carbocycles. The summed E-state index contributed by atoms with van der Waals surface area (Å²) in [7, 11) is 0. The Balaban J connectivity index is 1.32. The SMILES string of the molecule is FC(F)(F)Oc1ccc(N=NC2=CCC=C(N=Nc3ccc(N4CCSC4)cc3)C=C2)cc1. The van der Waals surface area contributed by atoms with Crippen molar-refractivity contribution in [3.63, 3.8) is 0 Å². The Morgan fingerprint density at radius 1 is 0.788 bits per heavy atom. The summed E-state index contributed by atoms with van der Waals surface area (Å²) in [6, 6.07) is 13.2. The van der Waals surface area contributed by atoms with Crippen LogP contribution in [0.4, 0.5) is 30.2 Å². The van der Waals surface area contributed by atoms with Crippen LogP contribution in [-0.4, -0.2) is 24.5 Å². The number of hydrogen-bond acceptors (Lipinski definition) is 7. The van der Waals surface area contributed by atoms with E-state index in [1.54, 1.807) is 12.2 Å². The topological polar surface area (TPSA) is 61.9 Å². The summed E-state index contributed by atoms with van der Waals surface area (Å²) in [5.74, 6) is 1.86. The fourth-order valence-corrected chi connectivity index (χ4v) is 4.03. The summed E-state index contributed by atoms with van der Waals surface area (Å²) in [4.78, 5) is 2.33. The van der Waals surface area contributed by atoms with E-state index in [-0.39, 0.29) is 5.75 Å². The second-order valence-corrected chi connectivity index (χ2v) is 8.16. The number of halogens is 3. The van der Waals surface area contributed by atoms with Crippen molar-refractivity contribution in [2.24, 2.45) is 20.5 Å². The third-order valence-electron chi connectivity index (χ3n) is 4.68. The molecule has 4 rings (SSSR count). The van der Waals surface area contributed by atoms with E-state index in [2.05, 4.69) is 42.2 Å². The zero-order chi connectivity index (χ0) is 23.1. The predicted octanol–water partition coefficient (Wildman–Crippen LogP) is 7.69. The van der Waals surface area contributed by atoms with Crippen LogP contribution < -0.4 is 9.64 Å². The number of ether oxygens (including phenoxy) is 1. The molecule has 1 heterocycles. The molecule has 0 saturated carbocycles. The van der Waals surface area contributed by atoms with E-state index >= 15 is 0 Å². The van der Waals surface area contributed by atoms with E-state index in [0.717, 1.165) is 23.9 Å². The van der Waals surface area contributed by atoms with E-state index in [1.807, 2.05) is 36.0 Å². The molecule has 10 heteroatoms. The van der Waals surface area contributed by atoms with Crippen LogP contribution in [0.25, 0.3) is 0 Å². The van der Waals surface area contributed by atoms with E-state index in [9.17, 15) is 13.2 Å². The lowest BCUT2D eigenvalue weighted by atomic mass is 10.2. The van der Waals surface area contributed by atoms with Gasteiger partial charge in [0.1, 0.15) is 5.75 Å². The molecule has 1 aliphatic carbocycles. The number of thioether (sulfide) groups is 1. The summed E-state index contributed by atoms with van der Waals surface area (Å²) in [5.41, 5.74) is 3.68. The van der Waals surface area contributed by atoms with Gasteiger partial charge in [-0.25, -0.2) is 0 Å². The van der Waals surface area contributed by atoms with Crippen molar-refractivity contribution < 1.29 is 17.9 Å². The van der Waals surface area contributed by atoms with Gasteiger partial charge in [-0.2, -0.15) is 20.5 Å². The maximum atomic E-state index is 12.2. The molecule has 33 heavy (non-hydrogen) atoms. The average Bonchev–Trinajstić information content (AvgIpc) is 3.24. The smallest absolute Gasteiger partial charge is 0.406 e. The van der Waals surface area contributed by atoms with Crippen molar-refractivity contribution in [3.8, 4) is 5.75 Å². The van der Waals surface area contributed by atoms with Crippen LogP contribution in [0.15, 0.2) is 105 Å². The average molecular weight is 472 g/mol. The van der Waals surface area contributed by atoms with Gasteiger partial charge in [-0.15, -0.1) is 24.9 Å². The molecule has 2 aromatic rings. The highest BCUT2D eigenvalue weighted by Gasteiger charge is 2.30. The summed E-state index contributed by atoms with van der Waals surface area (Å²) in [6.07, 6.45) is 3.21. The number of rotatable bonds is 6. The maximum Gasteiger partial charge on any atom is 0.573 e. The first kappa shape index (κ1) is 22.8. The van der Waals surface area contributed by atoms with Crippen LogP contribution in [0.1, 0.15) is 6.42 Å². The molecular weight excluding hydrogens is 451 g/mol.